The van der Waals surface area contributed by atoms with Gasteiger partial charge in [0.15, 0.2) is 0 Å². The van der Waals surface area contributed by atoms with Crippen LogP contribution in [-0.2, 0) is 4.74 Å². The monoisotopic (exact) mass is 211 g/mol. The Kier molecular flexibility index (Phi) is 3.68. The molecule has 0 unspecified atom stereocenters. The summed E-state index contributed by atoms with van der Waals surface area (Å²) in [4.78, 5) is 0. The van der Waals surface area contributed by atoms with Crippen LogP contribution in [0, 0.1) is 11.3 Å². The van der Waals surface area contributed by atoms with E-state index in [0.717, 1.165) is 25.2 Å². The summed E-state index contributed by atoms with van der Waals surface area (Å²) in [6, 6.07) is 0.779. The maximum Gasteiger partial charge on any atom is 0.0547 e. The van der Waals surface area contributed by atoms with Crippen molar-refractivity contribution in [2.45, 2.75) is 51.5 Å². The molecule has 0 amide bonds. The quantitative estimate of drug-likeness (QED) is 0.771. The highest BCUT2D eigenvalue weighted by atomic mass is 16.5. The number of ether oxygens (including phenoxy) is 1. The molecule has 1 saturated heterocycles. The van der Waals surface area contributed by atoms with Gasteiger partial charge in [0.25, 0.3) is 0 Å². The normalized spacial score (nSPS) is 34.8. The molecule has 2 nitrogen and oxygen atoms in total. The Morgan fingerprint density at radius 2 is 1.87 bits per heavy atom. The van der Waals surface area contributed by atoms with E-state index in [4.69, 9.17) is 4.74 Å². The smallest absolute Gasteiger partial charge is 0.0547 e. The molecule has 2 fully saturated rings. The first-order valence-electron chi connectivity index (χ1n) is 6.56. The van der Waals surface area contributed by atoms with Gasteiger partial charge < -0.3 is 10.1 Å². The summed E-state index contributed by atoms with van der Waals surface area (Å²) in [5, 5.41) is 3.41. The Morgan fingerprint density at radius 1 is 1.20 bits per heavy atom. The summed E-state index contributed by atoms with van der Waals surface area (Å²) in [6.07, 6.45) is 8.25. The summed E-state index contributed by atoms with van der Waals surface area (Å²) in [7, 11) is 2.10. The molecule has 1 aliphatic carbocycles. The molecule has 15 heavy (non-hydrogen) atoms. The third-order valence-electron chi connectivity index (χ3n) is 4.53. The van der Waals surface area contributed by atoms with Crippen LogP contribution in [0.3, 0.4) is 0 Å². The topological polar surface area (TPSA) is 21.3 Å². The van der Waals surface area contributed by atoms with E-state index in [0.29, 0.717) is 5.41 Å². The fourth-order valence-corrected chi connectivity index (χ4v) is 3.44. The molecule has 2 rings (SSSR count). The second-order valence-electron chi connectivity index (χ2n) is 5.44. The molecule has 88 valence electrons. The lowest BCUT2D eigenvalue weighted by Crippen LogP contribution is -2.50. The van der Waals surface area contributed by atoms with Crippen LogP contribution in [0.25, 0.3) is 0 Å². The van der Waals surface area contributed by atoms with E-state index >= 15 is 0 Å². The second kappa shape index (κ2) is 4.84. The van der Waals surface area contributed by atoms with Crippen molar-refractivity contribution in [3.63, 3.8) is 0 Å². The van der Waals surface area contributed by atoms with Crippen molar-refractivity contribution in [1.82, 2.24) is 5.32 Å². The van der Waals surface area contributed by atoms with Crippen LogP contribution in [0.4, 0.5) is 0 Å². The highest BCUT2D eigenvalue weighted by Gasteiger charge is 2.45. The fourth-order valence-electron chi connectivity index (χ4n) is 3.44. The van der Waals surface area contributed by atoms with Crippen molar-refractivity contribution in [3.8, 4) is 0 Å². The van der Waals surface area contributed by atoms with Crippen LogP contribution in [0.1, 0.15) is 45.4 Å². The van der Waals surface area contributed by atoms with Crippen LogP contribution < -0.4 is 5.32 Å². The fraction of sp³-hybridized carbons (Fsp3) is 1.00. The Morgan fingerprint density at radius 3 is 2.27 bits per heavy atom. The predicted octanol–water partition coefficient (Wildman–Crippen LogP) is 2.58. The van der Waals surface area contributed by atoms with Gasteiger partial charge in [0.2, 0.25) is 0 Å². The Balaban J connectivity index is 1.88. The van der Waals surface area contributed by atoms with E-state index in [1.807, 2.05) is 0 Å². The van der Waals surface area contributed by atoms with Gasteiger partial charge in [-0.1, -0.05) is 13.3 Å². The Bertz CT molecular complexity index is 193. The molecule has 1 aliphatic heterocycles. The van der Waals surface area contributed by atoms with Crippen molar-refractivity contribution >= 4 is 0 Å². The maximum atomic E-state index is 5.48. The van der Waals surface area contributed by atoms with Gasteiger partial charge in [0.05, 0.1) is 13.2 Å². The maximum absolute atomic E-state index is 5.48. The zero-order chi connectivity index (χ0) is 10.7. The average Bonchev–Trinajstić information content (AvgIpc) is 2.24. The van der Waals surface area contributed by atoms with E-state index in [-0.39, 0.29) is 0 Å². The van der Waals surface area contributed by atoms with Crippen LogP contribution >= 0.6 is 0 Å². The Labute approximate surface area is 93.8 Å². The summed E-state index contributed by atoms with van der Waals surface area (Å²) < 4.78 is 5.48. The molecule has 1 N–H and O–H groups in total. The standard InChI is InChI=1S/C13H25NO/c1-3-8-13(9-15-10-13)11-4-6-12(14-2)7-5-11/h11-12,14H,3-10H2,1-2H3. The summed E-state index contributed by atoms with van der Waals surface area (Å²) in [5.74, 6) is 0.941. The lowest BCUT2D eigenvalue weighted by molar-refractivity contribution is -0.157. The summed E-state index contributed by atoms with van der Waals surface area (Å²) in [6.45, 7) is 4.38. The van der Waals surface area contributed by atoms with E-state index in [1.54, 1.807) is 0 Å². The van der Waals surface area contributed by atoms with Gasteiger partial charge in [-0.2, -0.15) is 0 Å². The van der Waals surface area contributed by atoms with Crippen molar-refractivity contribution < 1.29 is 4.74 Å². The Hall–Kier alpha value is -0.0800. The van der Waals surface area contributed by atoms with Gasteiger partial charge in [-0.15, -0.1) is 0 Å². The molecule has 2 aliphatic rings. The molecule has 1 saturated carbocycles. The van der Waals surface area contributed by atoms with Crippen LogP contribution in [0.2, 0.25) is 0 Å². The molecule has 0 spiro atoms. The lowest BCUT2D eigenvalue weighted by atomic mass is 9.64. The van der Waals surface area contributed by atoms with Crippen LogP contribution in [0.15, 0.2) is 0 Å². The molecule has 0 aromatic rings. The largest absolute Gasteiger partial charge is 0.380 e. The van der Waals surface area contributed by atoms with Gasteiger partial charge in [-0.3, -0.25) is 0 Å². The van der Waals surface area contributed by atoms with E-state index in [1.165, 1.54) is 38.5 Å². The SMILES string of the molecule is CCCC1(C2CCC(NC)CC2)COC1. The summed E-state index contributed by atoms with van der Waals surface area (Å²) >= 11 is 0. The molecule has 0 atom stereocenters. The number of rotatable bonds is 4. The molecule has 0 aromatic carbocycles. The molecular formula is C13H25NO. The number of hydrogen-bond acceptors (Lipinski definition) is 2. The highest BCUT2D eigenvalue weighted by molar-refractivity contribution is 4.94. The van der Waals surface area contributed by atoms with Gasteiger partial charge in [0, 0.05) is 11.5 Å². The third-order valence-corrected chi connectivity index (χ3v) is 4.53. The van der Waals surface area contributed by atoms with E-state index in [2.05, 4.69) is 19.3 Å². The van der Waals surface area contributed by atoms with E-state index in [9.17, 15) is 0 Å². The van der Waals surface area contributed by atoms with Gasteiger partial charge in [-0.05, 0) is 45.1 Å². The molecule has 2 heteroatoms. The van der Waals surface area contributed by atoms with Crippen LogP contribution in [-0.4, -0.2) is 26.3 Å². The van der Waals surface area contributed by atoms with E-state index < -0.39 is 0 Å². The minimum absolute atomic E-state index is 0.577. The first kappa shape index (κ1) is 11.4. The second-order valence-corrected chi connectivity index (χ2v) is 5.44. The third kappa shape index (κ3) is 2.21. The van der Waals surface area contributed by atoms with Crippen LogP contribution in [0.5, 0.6) is 0 Å². The van der Waals surface area contributed by atoms with Crippen molar-refractivity contribution in [1.29, 1.82) is 0 Å². The minimum atomic E-state index is 0.577. The molecule has 0 radical (unpaired) electrons. The molecular weight excluding hydrogens is 186 g/mol. The first-order chi connectivity index (χ1) is 7.30. The zero-order valence-electron chi connectivity index (χ0n) is 10.2. The average molecular weight is 211 g/mol. The first-order valence-corrected chi connectivity index (χ1v) is 6.56. The molecule has 0 bridgehead atoms. The predicted molar refractivity (Wildman–Crippen MR) is 63.0 cm³/mol. The molecule has 0 aromatic heterocycles. The van der Waals surface area contributed by atoms with Crippen molar-refractivity contribution in [2.75, 3.05) is 20.3 Å². The van der Waals surface area contributed by atoms with Gasteiger partial charge in [0.1, 0.15) is 0 Å². The van der Waals surface area contributed by atoms with Crippen molar-refractivity contribution in [3.05, 3.63) is 0 Å². The lowest BCUT2D eigenvalue weighted by Gasteiger charge is -2.49. The highest BCUT2D eigenvalue weighted by Crippen LogP contribution is 2.46. The van der Waals surface area contributed by atoms with Gasteiger partial charge in [-0.25, -0.2) is 0 Å². The minimum Gasteiger partial charge on any atom is -0.380 e. The van der Waals surface area contributed by atoms with Crippen molar-refractivity contribution in [2.24, 2.45) is 11.3 Å². The number of hydrogen-bond donors (Lipinski definition) is 1. The zero-order valence-corrected chi connectivity index (χ0v) is 10.2. The number of nitrogens with one attached hydrogen (secondary N) is 1. The molecule has 1 heterocycles. The summed E-state index contributed by atoms with van der Waals surface area (Å²) in [5.41, 5.74) is 0.577. The van der Waals surface area contributed by atoms with Gasteiger partial charge >= 0.3 is 0 Å².